The maximum absolute atomic E-state index is 13.7. The first-order valence-electron chi connectivity index (χ1n) is 7.67. The quantitative estimate of drug-likeness (QED) is 0.577. The topological polar surface area (TPSA) is 85.1 Å². The number of nitrogens with two attached hydrogens (primary N) is 1. The van der Waals surface area contributed by atoms with Gasteiger partial charge in [0.15, 0.2) is 0 Å². The number of rotatable bonds is 4. The minimum Gasteiger partial charge on any atom is -0.364 e. The van der Waals surface area contributed by atoms with Gasteiger partial charge in [0, 0.05) is 11.5 Å². The number of nitrogens with one attached hydrogen (secondary N) is 1. The number of primary amides is 1. The van der Waals surface area contributed by atoms with E-state index in [-0.39, 0.29) is 32.8 Å². The zero-order valence-corrected chi connectivity index (χ0v) is 15.4. The van der Waals surface area contributed by atoms with Gasteiger partial charge in [-0.15, -0.1) is 0 Å². The van der Waals surface area contributed by atoms with Crippen LogP contribution in [-0.2, 0) is 0 Å². The van der Waals surface area contributed by atoms with Gasteiger partial charge in [0.05, 0.1) is 27.4 Å². The van der Waals surface area contributed by atoms with E-state index in [1.54, 1.807) is 0 Å². The molecule has 0 bridgehead atoms. The summed E-state index contributed by atoms with van der Waals surface area (Å²) in [5.74, 6) is -2.86. The number of pyridine rings is 1. The monoisotopic (exact) mass is 415 g/mol. The summed E-state index contributed by atoms with van der Waals surface area (Å²) in [5.41, 5.74) is 2.80. The summed E-state index contributed by atoms with van der Waals surface area (Å²) in [6.07, 6.45) is -4.77. The van der Waals surface area contributed by atoms with E-state index in [0.29, 0.717) is 0 Å². The van der Waals surface area contributed by atoms with Crippen molar-refractivity contribution >= 4 is 34.3 Å². The van der Waals surface area contributed by atoms with E-state index < -0.39 is 35.1 Å². The zero-order chi connectivity index (χ0) is 21.4. The molecule has 2 amide bonds. The molecule has 2 rings (SSSR count). The van der Waals surface area contributed by atoms with Gasteiger partial charge < -0.3 is 11.1 Å². The van der Waals surface area contributed by atoms with Crippen LogP contribution in [0.5, 0.6) is 0 Å². The summed E-state index contributed by atoms with van der Waals surface area (Å²) >= 11 is 5.73. The molecule has 0 aliphatic rings. The number of alkyl halides is 3. The van der Waals surface area contributed by atoms with Crippen molar-refractivity contribution in [1.29, 1.82) is 0 Å². The summed E-state index contributed by atoms with van der Waals surface area (Å²) in [5, 5.41) is 1.83. The van der Waals surface area contributed by atoms with Gasteiger partial charge in [0.25, 0.3) is 11.8 Å². The fraction of sp³-hybridized carbons (Fsp3) is 0.167. The van der Waals surface area contributed by atoms with Gasteiger partial charge >= 0.3 is 6.18 Å². The van der Waals surface area contributed by atoms with Gasteiger partial charge in [0.1, 0.15) is 11.5 Å². The highest BCUT2D eigenvalue weighted by Crippen LogP contribution is 2.31. The predicted molar refractivity (Wildman–Crippen MR) is 96.3 cm³/mol. The Morgan fingerprint density at radius 2 is 1.82 bits per heavy atom. The molecule has 1 aromatic carbocycles. The van der Waals surface area contributed by atoms with Crippen LogP contribution < -0.4 is 11.1 Å². The van der Waals surface area contributed by atoms with Crippen LogP contribution in [0.15, 0.2) is 41.6 Å². The Morgan fingerprint density at radius 3 is 2.32 bits per heavy atom. The van der Waals surface area contributed by atoms with Crippen molar-refractivity contribution in [1.82, 2.24) is 10.3 Å². The SMILES string of the molecule is C=C(C(NC(=O)c1cc(C(N)=O)nc2cc(F)c(Cl)cc12)=C(C)C)C(F)(F)F. The molecule has 28 heavy (non-hydrogen) atoms. The van der Waals surface area contributed by atoms with Crippen molar-refractivity contribution in [3.05, 3.63) is 63.7 Å². The lowest BCUT2D eigenvalue weighted by atomic mass is 10.0. The number of allylic oxidation sites excluding steroid dienone is 2. The number of amides is 2. The molecule has 1 heterocycles. The van der Waals surface area contributed by atoms with Crippen LogP contribution in [-0.4, -0.2) is 23.0 Å². The second-order valence-corrected chi connectivity index (χ2v) is 6.42. The van der Waals surface area contributed by atoms with E-state index in [2.05, 4.69) is 16.9 Å². The minimum absolute atomic E-state index is 0.0274. The van der Waals surface area contributed by atoms with Crippen molar-refractivity contribution in [2.75, 3.05) is 0 Å². The van der Waals surface area contributed by atoms with E-state index in [0.717, 1.165) is 18.2 Å². The Hall–Kier alpha value is -2.94. The van der Waals surface area contributed by atoms with Crippen LogP contribution in [0.4, 0.5) is 17.6 Å². The summed E-state index contributed by atoms with van der Waals surface area (Å²) in [7, 11) is 0. The van der Waals surface area contributed by atoms with Gasteiger partial charge in [-0.25, -0.2) is 9.37 Å². The summed E-state index contributed by atoms with van der Waals surface area (Å²) in [6.45, 7) is 5.69. The molecule has 2 aromatic rings. The Bertz CT molecular complexity index is 1040. The van der Waals surface area contributed by atoms with Crippen molar-refractivity contribution < 1.29 is 27.2 Å². The molecule has 0 radical (unpaired) electrons. The molecular formula is C18H14ClF4N3O2. The minimum atomic E-state index is -4.77. The lowest BCUT2D eigenvalue weighted by Crippen LogP contribution is -2.29. The van der Waals surface area contributed by atoms with Gasteiger partial charge in [-0.1, -0.05) is 23.8 Å². The maximum atomic E-state index is 13.7. The van der Waals surface area contributed by atoms with Gasteiger partial charge in [-0.05, 0) is 26.0 Å². The first-order chi connectivity index (χ1) is 12.8. The molecule has 1 aromatic heterocycles. The van der Waals surface area contributed by atoms with Crippen molar-refractivity contribution in [3.63, 3.8) is 0 Å². The first kappa shape index (κ1) is 21.4. The van der Waals surface area contributed by atoms with Crippen LogP contribution in [0.25, 0.3) is 10.9 Å². The van der Waals surface area contributed by atoms with Gasteiger partial charge in [0.2, 0.25) is 0 Å². The predicted octanol–water partition coefficient (Wildman–Crippen LogP) is 4.27. The number of benzene rings is 1. The average Bonchev–Trinajstić information content (AvgIpc) is 2.57. The summed E-state index contributed by atoms with van der Waals surface area (Å²) < 4.78 is 52.8. The van der Waals surface area contributed by atoms with E-state index in [1.165, 1.54) is 13.8 Å². The Kier molecular flexibility index (Phi) is 5.79. The van der Waals surface area contributed by atoms with E-state index in [4.69, 9.17) is 17.3 Å². The maximum Gasteiger partial charge on any atom is 0.417 e. The number of hydrogen-bond acceptors (Lipinski definition) is 3. The smallest absolute Gasteiger partial charge is 0.364 e. The molecule has 0 fully saturated rings. The molecule has 5 nitrogen and oxygen atoms in total. The summed E-state index contributed by atoms with van der Waals surface area (Å²) in [4.78, 5) is 28.0. The second kappa shape index (κ2) is 7.59. The second-order valence-electron chi connectivity index (χ2n) is 6.01. The Labute approximate surface area is 161 Å². The molecule has 3 N–H and O–H groups in total. The van der Waals surface area contributed by atoms with E-state index in [1.807, 2.05) is 0 Å². The Balaban J connectivity index is 2.64. The third-order valence-corrected chi connectivity index (χ3v) is 4.02. The molecule has 0 atom stereocenters. The highest BCUT2D eigenvalue weighted by Gasteiger charge is 2.35. The fourth-order valence-corrected chi connectivity index (χ4v) is 2.52. The third-order valence-electron chi connectivity index (χ3n) is 3.73. The number of carbonyl (C=O) groups is 2. The molecule has 0 saturated heterocycles. The normalized spacial score (nSPS) is 11.2. The molecule has 0 aliphatic carbocycles. The molecule has 0 unspecified atom stereocenters. The van der Waals surface area contributed by atoms with E-state index >= 15 is 0 Å². The Morgan fingerprint density at radius 1 is 1.21 bits per heavy atom. The van der Waals surface area contributed by atoms with Gasteiger partial charge in [-0.3, -0.25) is 9.59 Å². The number of fused-ring (bicyclic) bond motifs is 1. The highest BCUT2D eigenvalue weighted by molar-refractivity contribution is 6.31. The summed E-state index contributed by atoms with van der Waals surface area (Å²) in [6, 6.07) is 2.96. The van der Waals surface area contributed by atoms with E-state index in [9.17, 15) is 27.2 Å². The standard InChI is InChI=1S/C18H14ClF4N3O2/c1-7(2)15(8(3)18(21,22)23)26-17(28)10-5-14(16(24)27)25-13-6-12(20)11(19)4-9(10)13/h4-6H,3H2,1-2H3,(H2,24,27)(H,26,28). The average molecular weight is 416 g/mol. The van der Waals surface area contributed by atoms with Crippen LogP contribution in [0.3, 0.4) is 0 Å². The number of halogens is 5. The highest BCUT2D eigenvalue weighted by atomic mass is 35.5. The van der Waals surface area contributed by atoms with Crippen LogP contribution in [0, 0.1) is 5.82 Å². The van der Waals surface area contributed by atoms with Crippen LogP contribution >= 0.6 is 11.6 Å². The lowest BCUT2D eigenvalue weighted by Gasteiger charge is -2.18. The third kappa shape index (κ3) is 4.30. The number of carbonyl (C=O) groups excluding carboxylic acids is 2. The largest absolute Gasteiger partial charge is 0.417 e. The molecular weight excluding hydrogens is 402 g/mol. The lowest BCUT2D eigenvalue weighted by molar-refractivity contribution is -0.0894. The molecule has 148 valence electrons. The fourth-order valence-electron chi connectivity index (χ4n) is 2.36. The first-order valence-corrected chi connectivity index (χ1v) is 8.05. The number of hydrogen-bond donors (Lipinski definition) is 2. The number of aromatic nitrogens is 1. The zero-order valence-electron chi connectivity index (χ0n) is 14.7. The van der Waals surface area contributed by atoms with Crippen molar-refractivity contribution in [2.45, 2.75) is 20.0 Å². The number of nitrogens with zero attached hydrogens (tertiary/aromatic N) is 1. The van der Waals surface area contributed by atoms with Crippen LogP contribution in [0.2, 0.25) is 5.02 Å². The van der Waals surface area contributed by atoms with Gasteiger partial charge in [-0.2, -0.15) is 13.2 Å². The van der Waals surface area contributed by atoms with Crippen LogP contribution in [0.1, 0.15) is 34.7 Å². The van der Waals surface area contributed by atoms with Crippen molar-refractivity contribution in [3.8, 4) is 0 Å². The molecule has 0 saturated carbocycles. The van der Waals surface area contributed by atoms with Crippen molar-refractivity contribution in [2.24, 2.45) is 5.73 Å². The molecule has 0 spiro atoms. The molecule has 10 heteroatoms. The molecule has 0 aliphatic heterocycles.